The quantitative estimate of drug-likeness (QED) is 0.800. The number of hydrogen-bond donors (Lipinski definition) is 1. The minimum absolute atomic E-state index is 0.0158. The molecule has 0 unspecified atom stereocenters. The Morgan fingerprint density at radius 2 is 2.14 bits per heavy atom. The van der Waals surface area contributed by atoms with Crippen molar-refractivity contribution in [1.29, 1.82) is 0 Å². The SMILES string of the molecule is OC1CCC(CSc2cccs2)CC1. The van der Waals surface area contributed by atoms with Gasteiger partial charge in [0.2, 0.25) is 0 Å². The second-order valence-corrected chi connectivity index (χ2v) is 6.19. The van der Waals surface area contributed by atoms with Gasteiger partial charge in [-0.05, 0) is 43.0 Å². The summed E-state index contributed by atoms with van der Waals surface area (Å²) in [6, 6.07) is 4.30. The first-order valence-electron chi connectivity index (χ1n) is 5.19. The van der Waals surface area contributed by atoms with E-state index in [9.17, 15) is 5.11 Å². The second kappa shape index (κ2) is 5.19. The summed E-state index contributed by atoms with van der Waals surface area (Å²) in [6.45, 7) is 0. The molecule has 1 aromatic heterocycles. The van der Waals surface area contributed by atoms with E-state index in [1.165, 1.54) is 22.8 Å². The minimum Gasteiger partial charge on any atom is -0.393 e. The van der Waals surface area contributed by atoms with Gasteiger partial charge in [-0.1, -0.05) is 6.07 Å². The van der Waals surface area contributed by atoms with Crippen molar-refractivity contribution in [3.63, 3.8) is 0 Å². The van der Waals surface area contributed by atoms with Gasteiger partial charge >= 0.3 is 0 Å². The Balaban J connectivity index is 1.71. The van der Waals surface area contributed by atoms with Gasteiger partial charge in [-0.15, -0.1) is 23.1 Å². The molecule has 1 saturated carbocycles. The first-order valence-corrected chi connectivity index (χ1v) is 7.05. The van der Waals surface area contributed by atoms with Crippen molar-refractivity contribution in [2.45, 2.75) is 36.0 Å². The molecule has 2 rings (SSSR count). The van der Waals surface area contributed by atoms with Crippen LogP contribution < -0.4 is 0 Å². The van der Waals surface area contributed by atoms with Crippen LogP contribution in [-0.2, 0) is 0 Å². The first-order chi connectivity index (χ1) is 6.84. The van der Waals surface area contributed by atoms with E-state index in [0.717, 1.165) is 18.8 Å². The molecule has 1 heterocycles. The lowest BCUT2D eigenvalue weighted by atomic mass is 9.89. The summed E-state index contributed by atoms with van der Waals surface area (Å²) in [5, 5.41) is 11.5. The lowest BCUT2D eigenvalue weighted by Gasteiger charge is -2.24. The third-order valence-electron chi connectivity index (χ3n) is 2.77. The van der Waals surface area contributed by atoms with E-state index in [1.54, 1.807) is 0 Å². The number of aliphatic hydroxyl groups excluding tert-OH is 1. The lowest BCUT2D eigenvalue weighted by molar-refractivity contribution is 0.113. The lowest BCUT2D eigenvalue weighted by Crippen LogP contribution is -2.19. The summed E-state index contributed by atoms with van der Waals surface area (Å²) in [4.78, 5) is 0. The Morgan fingerprint density at radius 1 is 1.36 bits per heavy atom. The van der Waals surface area contributed by atoms with E-state index in [4.69, 9.17) is 0 Å². The highest BCUT2D eigenvalue weighted by Gasteiger charge is 2.19. The zero-order valence-electron chi connectivity index (χ0n) is 8.19. The smallest absolute Gasteiger partial charge is 0.0598 e. The van der Waals surface area contributed by atoms with Crippen LogP contribution in [0.5, 0.6) is 0 Å². The average molecular weight is 228 g/mol. The van der Waals surface area contributed by atoms with E-state index >= 15 is 0 Å². The molecule has 0 spiro atoms. The number of aliphatic hydroxyl groups is 1. The summed E-state index contributed by atoms with van der Waals surface area (Å²) >= 11 is 3.80. The summed E-state index contributed by atoms with van der Waals surface area (Å²) in [5.41, 5.74) is 0. The fraction of sp³-hybridized carbons (Fsp3) is 0.636. The van der Waals surface area contributed by atoms with E-state index < -0.39 is 0 Å². The Kier molecular flexibility index (Phi) is 3.90. The van der Waals surface area contributed by atoms with Crippen LogP contribution in [-0.4, -0.2) is 17.0 Å². The number of thiophene rings is 1. The van der Waals surface area contributed by atoms with Gasteiger partial charge in [-0.3, -0.25) is 0 Å². The Labute approximate surface area is 93.5 Å². The van der Waals surface area contributed by atoms with E-state index in [1.807, 2.05) is 23.1 Å². The van der Waals surface area contributed by atoms with Gasteiger partial charge in [0, 0.05) is 5.75 Å². The molecular formula is C11H16OS2. The molecule has 1 aromatic rings. The van der Waals surface area contributed by atoms with Gasteiger partial charge < -0.3 is 5.11 Å². The molecule has 0 amide bonds. The maximum absolute atomic E-state index is 9.37. The van der Waals surface area contributed by atoms with E-state index in [-0.39, 0.29) is 6.10 Å². The third-order valence-corrected chi connectivity index (χ3v) is 5.14. The summed E-state index contributed by atoms with van der Waals surface area (Å²) in [5.74, 6) is 2.05. The van der Waals surface area contributed by atoms with Gasteiger partial charge in [-0.25, -0.2) is 0 Å². The van der Waals surface area contributed by atoms with Crippen LogP contribution in [0.4, 0.5) is 0 Å². The average Bonchev–Trinajstić information content (AvgIpc) is 2.70. The fourth-order valence-electron chi connectivity index (χ4n) is 1.86. The third kappa shape index (κ3) is 3.01. The first kappa shape index (κ1) is 10.5. The minimum atomic E-state index is -0.0158. The van der Waals surface area contributed by atoms with Crippen molar-refractivity contribution in [2.24, 2.45) is 5.92 Å². The van der Waals surface area contributed by atoms with Gasteiger partial charge in [0.05, 0.1) is 10.3 Å². The molecule has 1 fully saturated rings. The van der Waals surface area contributed by atoms with Crippen LogP contribution in [0.25, 0.3) is 0 Å². The highest BCUT2D eigenvalue weighted by molar-refractivity contribution is 8.01. The van der Waals surface area contributed by atoms with E-state index in [0.29, 0.717) is 0 Å². The van der Waals surface area contributed by atoms with Crippen LogP contribution in [0.15, 0.2) is 21.7 Å². The van der Waals surface area contributed by atoms with Crippen LogP contribution in [0.2, 0.25) is 0 Å². The molecule has 1 N–H and O–H groups in total. The van der Waals surface area contributed by atoms with E-state index in [2.05, 4.69) is 17.5 Å². The molecule has 1 aliphatic rings. The van der Waals surface area contributed by atoms with Crippen molar-refractivity contribution in [3.8, 4) is 0 Å². The Morgan fingerprint density at radius 3 is 2.79 bits per heavy atom. The zero-order chi connectivity index (χ0) is 9.80. The Bertz CT molecular complexity index is 250. The molecule has 3 heteroatoms. The van der Waals surface area contributed by atoms with Crippen molar-refractivity contribution < 1.29 is 5.11 Å². The van der Waals surface area contributed by atoms with Crippen molar-refractivity contribution in [1.82, 2.24) is 0 Å². The second-order valence-electron chi connectivity index (χ2n) is 3.92. The fourth-order valence-corrected chi connectivity index (χ4v) is 3.86. The topological polar surface area (TPSA) is 20.2 Å². The van der Waals surface area contributed by atoms with Crippen LogP contribution in [0, 0.1) is 5.92 Å². The van der Waals surface area contributed by atoms with Crippen molar-refractivity contribution >= 4 is 23.1 Å². The number of thioether (sulfide) groups is 1. The predicted molar refractivity (Wildman–Crippen MR) is 63.0 cm³/mol. The predicted octanol–water partition coefficient (Wildman–Crippen LogP) is 3.39. The van der Waals surface area contributed by atoms with Gasteiger partial charge in [0.1, 0.15) is 0 Å². The standard InChI is InChI=1S/C11H16OS2/c12-10-5-3-9(4-6-10)8-14-11-2-1-7-13-11/h1-2,7,9-10,12H,3-6,8H2. The molecule has 78 valence electrons. The highest BCUT2D eigenvalue weighted by atomic mass is 32.2. The van der Waals surface area contributed by atoms with Gasteiger partial charge in [0.25, 0.3) is 0 Å². The molecule has 0 radical (unpaired) electrons. The number of rotatable bonds is 3. The zero-order valence-corrected chi connectivity index (χ0v) is 9.82. The van der Waals surface area contributed by atoms with Crippen molar-refractivity contribution in [2.75, 3.05) is 5.75 Å². The molecule has 0 bridgehead atoms. The molecule has 1 nitrogen and oxygen atoms in total. The molecule has 1 aliphatic carbocycles. The number of hydrogen-bond acceptors (Lipinski definition) is 3. The van der Waals surface area contributed by atoms with Crippen LogP contribution in [0.3, 0.4) is 0 Å². The maximum atomic E-state index is 9.37. The summed E-state index contributed by atoms with van der Waals surface area (Å²) in [7, 11) is 0. The normalized spacial score (nSPS) is 27.8. The molecule has 0 aliphatic heterocycles. The van der Waals surface area contributed by atoms with Crippen molar-refractivity contribution in [3.05, 3.63) is 17.5 Å². The highest BCUT2D eigenvalue weighted by Crippen LogP contribution is 2.31. The van der Waals surface area contributed by atoms with Gasteiger partial charge in [0.15, 0.2) is 0 Å². The molecule has 14 heavy (non-hydrogen) atoms. The Hall–Kier alpha value is 0.01000. The van der Waals surface area contributed by atoms with Crippen LogP contribution >= 0.6 is 23.1 Å². The largest absolute Gasteiger partial charge is 0.393 e. The van der Waals surface area contributed by atoms with Crippen LogP contribution in [0.1, 0.15) is 25.7 Å². The molecule has 0 atom stereocenters. The maximum Gasteiger partial charge on any atom is 0.0598 e. The molecular weight excluding hydrogens is 212 g/mol. The monoisotopic (exact) mass is 228 g/mol. The van der Waals surface area contributed by atoms with Gasteiger partial charge in [-0.2, -0.15) is 0 Å². The summed E-state index contributed by atoms with van der Waals surface area (Å²) in [6.07, 6.45) is 4.42. The molecule has 0 saturated heterocycles. The molecule has 0 aromatic carbocycles. The summed E-state index contributed by atoms with van der Waals surface area (Å²) < 4.78 is 1.43.